The van der Waals surface area contributed by atoms with E-state index in [1.807, 2.05) is 54.1 Å². The van der Waals surface area contributed by atoms with Gasteiger partial charge in [0.05, 0.1) is 11.1 Å². The van der Waals surface area contributed by atoms with E-state index in [0.29, 0.717) is 44.6 Å². The van der Waals surface area contributed by atoms with Crippen molar-refractivity contribution >= 4 is 22.7 Å². The maximum Gasteiger partial charge on any atom is 0.248 e. The second-order valence-electron chi connectivity index (χ2n) is 9.88. The Morgan fingerprint density at radius 3 is 2.58 bits per heavy atom. The number of hydrogen-bond donors (Lipinski definition) is 1. The summed E-state index contributed by atoms with van der Waals surface area (Å²) < 4.78 is 21.4. The highest BCUT2D eigenvalue weighted by Crippen LogP contribution is 2.35. The van der Waals surface area contributed by atoms with Crippen LogP contribution in [0.3, 0.4) is 0 Å². The van der Waals surface area contributed by atoms with E-state index in [1.165, 1.54) is 6.07 Å². The molecule has 36 heavy (non-hydrogen) atoms. The molecule has 0 saturated carbocycles. The molecule has 2 aromatic carbocycles. The van der Waals surface area contributed by atoms with Gasteiger partial charge in [0.25, 0.3) is 0 Å². The quantitative estimate of drug-likeness (QED) is 0.591. The van der Waals surface area contributed by atoms with E-state index in [1.54, 1.807) is 6.07 Å². The lowest BCUT2D eigenvalue weighted by Crippen LogP contribution is -2.59. The molecule has 2 saturated heterocycles. The van der Waals surface area contributed by atoms with Crippen LogP contribution in [0.2, 0.25) is 0 Å². The zero-order valence-corrected chi connectivity index (χ0v) is 20.7. The van der Waals surface area contributed by atoms with Gasteiger partial charge in [0.2, 0.25) is 11.8 Å². The first-order valence-corrected chi connectivity index (χ1v) is 12.4. The van der Waals surface area contributed by atoms with Crippen molar-refractivity contribution in [3.63, 3.8) is 0 Å². The van der Waals surface area contributed by atoms with E-state index in [-0.39, 0.29) is 18.1 Å². The van der Waals surface area contributed by atoms with Crippen LogP contribution < -0.4 is 5.73 Å². The molecule has 2 amide bonds. The number of fused-ring (bicyclic) bond motifs is 1. The van der Waals surface area contributed by atoms with Crippen LogP contribution in [0.1, 0.15) is 36.9 Å². The van der Waals surface area contributed by atoms with Gasteiger partial charge < -0.3 is 15.4 Å². The first-order chi connectivity index (χ1) is 17.3. The molecule has 8 heteroatoms. The van der Waals surface area contributed by atoms with E-state index in [9.17, 15) is 9.59 Å². The summed E-state index contributed by atoms with van der Waals surface area (Å²) in [5.41, 5.74) is 9.11. The number of halogens is 1. The number of primary amides is 1. The zero-order chi connectivity index (χ0) is 25.4. The molecule has 2 fully saturated rings. The lowest BCUT2D eigenvalue weighted by molar-refractivity contribution is -0.172. The minimum absolute atomic E-state index is 0.0000340. The summed E-state index contributed by atoms with van der Waals surface area (Å²) >= 11 is 0. The molecule has 2 aliphatic heterocycles. The summed E-state index contributed by atoms with van der Waals surface area (Å²) in [7, 11) is 0. The highest BCUT2D eigenvalue weighted by molar-refractivity contribution is 5.85. The number of likely N-dealkylation sites (N-methyl/N-ethyl adjacent to an activating group) is 1. The Kier molecular flexibility index (Phi) is 6.49. The molecular formula is C28H31FN4O3. The maximum absolute atomic E-state index is 15.4. The number of likely N-dealkylation sites (tertiary alicyclic amines) is 1. The van der Waals surface area contributed by atoms with Crippen LogP contribution in [-0.4, -0.2) is 65.0 Å². The van der Waals surface area contributed by atoms with Crippen LogP contribution >= 0.6 is 0 Å². The first-order valence-electron chi connectivity index (χ1n) is 12.4. The molecule has 7 nitrogen and oxygen atoms in total. The summed E-state index contributed by atoms with van der Waals surface area (Å²) in [6.45, 7) is 6.26. The minimum Gasteiger partial charge on any atom is -0.368 e. The summed E-state index contributed by atoms with van der Waals surface area (Å²) in [6, 6.07) is 12.0. The fourth-order valence-electron chi connectivity index (χ4n) is 5.44. The normalized spacial score (nSPS) is 19.1. The van der Waals surface area contributed by atoms with E-state index < -0.39 is 23.4 Å². The van der Waals surface area contributed by atoms with Crippen molar-refractivity contribution in [1.29, 1.82) is 0 Å². The van der Waals surface area contributed by atoms with E-state index >= 15 is 4.39 Å². The Hall–Kier alpha value is -3.36. The van der Waals surface area contributed by atoms with Crippen LogP contribution in [0, 0.1) is 12.7 Å². The molecule has 3 heterocycles. The molecule has 188 valence electrons. The molecule has 1 spiro atoms. The number of ether oxygens (including phenoxy) is 1. The Labute approximate surface area is 210 Å². The van der Waals surface area contributed by atoms with Crippen molar-refractivity contribution in [2.45, 2.75) is 38.3 Å². The molecule has 1 atom stereocenters. The molecular weight excluding hydrogens is 459 g/mol. The molecule has 0 bridgehead atoms. The van der Waals surface area contributed by atoms with Crippen molar-refractivity contribution in [2.75, 3.05) is 32.8 Å². The standard InChI is InChI=1S/C28H31FN4O3/c1-3-32-17-28(36-16-25(32)34)8-10-33(11-9-28)26(27(30)35)22-7-6-19(13-23(22)29)20-4-5-21-12-18(2)15-31-24(21)14-20/h4-7,12-15,26H,3,8-11,16-17H2,1-2H3,(H2,30,35). The van der Waals surface area contributed by atoms with Crippen molar-refractivity contribution in [3.8, 4) is 11.1 Å². The predicted octanol–water partition coefficient (Wildman–Crippen LogP) is 3.59. The second kappa shape index (κ2) is 9.59. The van der Waals surface area contributed by atoms with Crippen LogP contribution in [0.5, 0.6) is 0 Å². The van der Waals surface area contributed by atoms with E-state index in [0.717, 1.165) is 22.0 Å². The lowest BCUT2D eigenvalue weighted by Gasteiger charge is -2.48. The largest absolute Gasteiger partial charge is 0.368 e. The van der Waals surface area contributed by atoms with E-state index in [4.69, 9.17) is 10.5 Å². The first kappa shape index (κ1) is 24.3. The number of rotatable bonds is 5. The number of carbonyl (C=O) groups is 2. The van der Waals surface area contributed by atoms with Crippen LogP contribution in [0.15, 0.2) is 48.7 Å². The summed E-state index contributed by atoms with van der Waals surface area (Å²) in [6.07, 6.45) is 3.10. The molecule has 0 aliphatic carbocycles. The lowest BCUT2D eigenvalue weighted by atomic mass is 9.87. The number of aromatic nitrogens is 1. The fourth-order valence-corrected chi connectivity index (χ4v) is 5.44. The monoisotopic (exact) mass is 490 g/mol. The minimum atomic E-state index is -0.870. The molecule has 0 radical (unpaired) electrons. The molecule has 3 aromatic rings. The van der Waals surface area contributed by atoms with Crippen LogP contribution in [0.4, 0.5) is 4.39 Å². The number of pyridine rings is 1. The Balaban J connectivity index is 1.36. The maximum atomic E-state index is 15.4. The average molecular weight is 491 g/mol. The molecule has 1 aromatic heterocycles. The Bertz CT molecular complexity index is 1320. The van der Waals surface area contributed by atoms with Crippen molar-refractivity contribution in [3.05, 3.63) is 65.6 Å². The Morgan fingerprint density at radius 1 is 1.17 bits per heavy atom. The third-order valence-electron chi connectivity index (χ3n) is 7.51. The molecule has 2 aliphatic rings. The smallest absolute Gasteiger partial charge is 0.248 e. The molecule has 5 rings (SSSR count). The number of nitrogens with zero attached hydrogens (tertiary/aromatic N) is 3. The molecule has 1 unspecified atom stereocenters. The van der Waals surface area contributed by atoms with Gasteiger partial charge >= 0.3 is 0 Å². The van der Waals surface area contributed by atoms with Gasteiger partial charge in [-0.2, -0.15) is 0 Å². The predicted molar refractivity (Wildman–Crippen MR) is 136 cm³/mol. The number of amides is 2. The van der Waals surface area contributed by atoms with Crippen LogP contribution in [0.25, 0.3) is 22.0 Å². The van der Waals surface area contributed by atoms with Gasteiger partial charge in [-0.25, -0.2) is 4.39 Å². The van der Waals surface area contributed by atoms with Gasteiger partial charge in [-0.05, 0) is 61.6 Å². The number of benzene rings is 2. The topological polar surface area (TPSA) is 88.8 Å². The number of carbonyl (C=O) groups excluding carboxylic acids is 2. The zero-order valence-electron chi connectivity index (χ0n) is 20.7. The number of piperidine rings is 1. The third-order valence-corrected chi connectivity index (χ3v) is 7.51. The number of nitrogens with two attached hydrogens (primary N) is 1. The van der Waals surface area contributed by atoms with Crippen LogP contribution in [-0.2, 0) is 14.3 Å². The van der Waals surface area contributed by atoms with Gasteiger partial charge in [0.1, 0.15) is 18.5 Å². The SMILES string of the molecule is CCN1CC2(CCN(C(C(N)=O)c3ccc(-c4ccc5cc(C)cnc5c4)cc3F)CC2)OCC1=O. The summed E-state index contributed by atoms with van der Waals surface area (Å²) in [5.74, 6) is -1.05. The number of hydrogen-bond acceptors (Lipinski definition) is 5. The average Bonchev–Trinajstić information content (AvgIpc) is 2.87. The van der Waals surface area contributed by atoms with Gasteiger partial charge in [-0.1, -0.05) is 24.3 Å². The van der Waals surface area contributed by atoms with Crippen molar-refractivity contribution in [1.82, 2.24) is 14.8 Å². The summed E-state index contributed by atoms with van der Waals surface area (Å²) in [4.78, 5) is 32.7. The third kappa shape index (κ3) is 4.58. The summed E-state index contributed by atoms with van der Waals surface area (Å²) in [5, 5.41) is 1.03. The fraction of sp³-hybridized carbons (Fsp3) is 0.393. The number of morpholine rings is 1. The van der Waals surface area contributed by atoms with Crippen molar-refractivity contribution < 1.29 is 18.7 Å². The number of aryl methyl sites for hydroxylation is 1. The van der Waals surface area contributed by atoms with E-state index in [2.05, 4.69) is 11.1 Å². The second-order valence-corrected chi connectivity index (χ2v) is 9.88. The van der Waals surface area contributed by atoms with Crippen molar-refractivity contribution in [2.24, 2.45) is 5.73 Å². The molecule has 2 N–H and O–H groups in total. The van der Waals surface area contributed by atoms with Gasteiger partial charge in [0, 0.05) is 43.3 Å². The highest BCUT2D eigenvalue weighted by Gasteiger charge is 2.44. The Morgan fingerprint density at radius 2 is 1.89 bits per heavy atom. The van der Waals surface area contributed by atoms with Gasteiger partial charge in [-0.15, -0.1) is 0 Å². The van der Waals surface area contributed by atoms with Gasteiger partial charge in [-0.3, -0.25) is 19.5 Å². The van der Waals surface area contributed by atoms with Gasteiger partial charge in [0.15, 0.2) is 0 Å². The highest BCUT2D eigenvalue weighted by atomic mass is 19.1.